The van der Waals surface area contributed by atoms with E-state index in [0.29, 0.717) is 11.3 Å². The number of rotatable bonds is 4. The summed E-state index contributed by atoms with van der Waals surface area (Å²) < 4.78 is 42.9. The van der Waals surface area contributed by atoms with Gasteiger partial charge in [-0.1, -0.05) is 12.1 Å². The fourth-order valence-electron chi connectivity index (χ4n) is 1.56. The molecule has 1 rings (SSSR count). The van der Waals surface area contributed by atoms with Crippen LogP contribution in [0.15, 0.2) is 34.5 Å². The maximum absolute atomic E-state index is 12.7. The first-order chi connectivity index (χ1) is 11.7. The van der Waals surface area contributed by atoms with E-state index in [2.05, 4.69) is 26.4 Å². The van der Waals surface area contributed by atoms with Gasteiger partial charge in [0.25, 0.3) is 5.17 Å². The highest BCUT2D eigenvalue weighted by atomic mass is 32.1. The minimum Gasteiger partial charge on any atom is -0.473 e. The highest BCUT2D eigenvalue weighted by Crippen LogP contribution is 2.29. The van der Waals surface area contributed by atoms with Gasteiger partial charge in [0.2, 0.25) is 0 Å². The second-order valence-corrected chi connectivity index (χ2v) is 5.31. The van der Waals surface area contributed by atoms with E-state index in [0.717, 1.165) is 12.1 Å². The van der Waals surface area contributed by atoms with Gasteiger partial charge in [-0.15, -0.1) is 0 Å². The molecule has 0 fully saturated rings. The maximum atomic E-state index is 12.7. The summed E-state index contributed by atoms with van der Waals surface area (Å²) in [6, 6.07) is 4.49. The maximum Gasteiger partial charge on any atom is 0.416 e. The van der Waals surface area contributed by atoms with Crippen LogP contribution in [0.2, 0.25) is 0 Å². The monoisotopic (exact) mass is 391 g/mol. The van der Waals surface area contributed by atoms with Gasteiger partial charge in [0.1, 0.15) is 5.71 Å². The third-order valence-electron chi connectivity index (χ3n) is 2.82. The molecule has 136 valence electrons. The largest absolute Gasteiger partial charge is 0.473 e. The minimum atomic E-state index is -4.42. The Kier molecular flexibility index (Phi) is 7.71. The molecular formula is C14H16F3N5OS2. The van der Waals surface area contributed by atoms with Gasteiger partial charge in [-0.25, -0.2) is 5.43 Å². The number of halogens is 3. The molecule has 0 unspecified atom stereocenters. The predicted octanol–water partition coefficient (Wildman–Crippen LogP) is 2.40. The van der Waals surface area contributed by atoms with Crippen molar-refractivity contribution in [2.24, 2.45) is 10.2 Å². The molecule has 0 heterocycles. The number of nitrogens with one attached hydrogen (secondary N) is 3. The summed E-state index contributed by atoms with van der Waals surface area (Å²) in [5, 5.41) is 11.0. The Morgan fingerprint density at radius 3 is 2.16 bits per heavy atom. The van der Waals surface area contributed by atoms with Crippen molar-refractivity contribution in [2.45, 2.75) is 13.1 Å². The van der Waals surface area contributed by atoms with Gasteiger partial charge in [-0.2, -0.15) is 23.4 Å². The molecule has 1 aromatic carbocycles. The molecule has 0 amide bonds. The Morgan fingerprint density at radius 1 is 1.08 bits per heavy atom. The molecule has 11 heteroatoms. The lowest BCUT2D eigenvalue weighted by molar-refractivity contribution is -0.137. The number of thiocarbonyl (C=S) groups is 2. The lowest BCUT2D eigenvalue weighted by Crippen LogP contribution is -2.31. The second-order valence-electron chi connectivity index (χ2n) is 4.53. The number of methoxy groups -OCH3 is 1. The van der Waals surface area contributed by atoms with Crippen LogP contribution >= 0.6 is 24.4 Å². The third kappa shape index (κ3) is 6.63. The number of ether oxygens (including phenoxy) is 1. The molecule has 0 aliphatic rings. The van der Waals surface area contributed by atoms with Gasteiger partial charge in [-0.3, -0.25) is 5.43 Å². The van der Waals surface area contributed by atoms with Crippen LogP contribution in [0, 0.1) is 0 Å². The molecule has 0 spiro atoms. The first-order valence-corrected chi connectivity index (χ1v) is 7.62. The highest BCUT2D eigenvalue weighted by molar-refractivity contribution is 7.80. The van der Waals surface area contributed by atoms with Crippen molar-refractivity contribution in [2.75, 3.05) is 14.2 Å². The molecule has 0 bridgehead atoms. The quantitative estimate of drug-likeness (QED) is 0.416. The normalized spacial score (nSPS) is 12.4. The molecule has 6 nitrogen and oxygen atoms in total. The SMILES string of the molecule is CNC(=S)N/N=C(C)/C(=N/NC(=S)OC)c1ccc(C(F)(F)F)cc1. The van der Waals surface area contributed by atoms with E-state index in [4.69, 9.17) is 29.2 Å². The van der Waals surface area contributed by atoms with Crippen LogP contribution in [0.25, 0.3) is 0 Å². The van der Waals surface area contributed by atoms with E-state index in [1.54, 1.807) is 14.0 Å². The number of hydrazone groups is 2. The first kappa shape index (κ1) is 20.8. The van der Waals surface area contributed by atoms with Crippen LogP contribution in [0.1, 0.15) is 18.1 Å². The topological polar surface area (TPSA) is 70.0 Å². The average Bonchev–Trinajstić information content (AvgIpc) is 2.59. The molecule has 0 aliphatic carbocycles. The molecular weight excluding hydrogens is 375 g/mol. The number of nitrogens with zero attached hydrogens (tertiary/aromatic N) is 2. The van der Waals surface area contributed by atoms with Gasteiger partial charge in [0, 0.05) is 12.6 Å². The lowest BCUT2D eigenvalue weighted by atomic mass is 10.0. The van der Waals surface area contributed by atoms with Crippen LogP contribution < -0.4 is 16.2 Å². The van der Waals surface area contributed by atoms with Gasteiger partial charge < -0.3 is 10.1 Å². The van der Waals surface area contributed by atoms with Crippen LogP contribution in [-0.2, 0) is 10.9 Å². The zero-order valence-electron chi connectivity index (χ0n) is 13.6. The lowest BCUT2D eigenvalue weighted by Gasteiger charge is -2.11. The number of hydrogen-bond acceptors (Lipinski definition) is 5. The summed E-state index contributed by atoms with van der Waals surface area (Å²) in [5.74, 6) is 0. The van der Waals surface area contributed by atoms with Crippen LogP contribution in [0.3, 0.4) is 0 Å². The first-order valence-electron chi connectivity index (χ1n) is 6.80. The predicted molar refractivity (Wildman–Crippen MR) is 98.6 cm³/mol. The molecule has 0 radical (unpaired) electrons. The molecule has 25 heavy (non-hydrogen) atoms. The zero-order chi connectivity index (χ0) is 19.0. The van der Waals surface area contributed by atoms with E-state index < -0.39 is 11.7 Å². The third-order valence-corrected chi connectivity index (χ3v) is 3.38. The molecule has 3 N–H and O–H groups in total. The van der Waals surface area contributed by atoms with E-state index in [-0.39, 0.29) is 16.0 Å². The summed E-state index contributed by atoms with van der Waals surface area (Å²) in [5.41, 5.74) is 5.32. The van der Waals surface area contributed by atoms with Gasteiger partial charge in [-0.05, 0) is 43.5 Å². The van der Waals surface area contributed by atoms with Crippen molar-refractivity contribution in [1.82, 2.24) is 16.2 Å². The number of alkyl halides is 3. The van der Waals surface area contributed by atoms with E-state index >= 15 is 0 Å². The summed E-state index contributed by atoms with van der Waals surface area (Å²) >= 11 is 9.74. The Labute approximate surface area is 153 Å². The van der Waals surface area contributed by atoms with Crippen LogP contribution in [0.5, 0.6) is 0 Å². The van der Waals surface area contributed by atoms with Crippen LogP contribution in [-0.4, -0.2) is 35.9 Å². The number of hydrogen-bond donors (Lipinski definition) is 3. The summed E-state index contributed by atoms with van der Waals surface area (Å²) in [6.45, 7) is 1.61. The zero-order valence-corrected chi connectivity index (χ0v) is 15.2. The summed E-state index contributed by atoms with van der Waals surface area (Å²) in [6.07, 6.45) is -4.42. The van der Waals surface area contributed by atoms with Crippen molar-refractivity contribution in [3.8, 4) is 0 Å². The van der Waals surface area contributed by atoms with Gasteiger partial charge in [0.15, 0.2) is 5.11 Å². The van der Waals surface area contributed by atoms with Crippen molar-refractivity contribution in [1.29, 1.82) is 0 Å². The number of benzene rings is 1. The molecule has 1 aromatic rings. The minimum absolute atomic E-state index is 0.00378. The Balaban J connectivity index is 3.18. The Bertz CT molecular complexity index is 687. The van der Waals surface area contributed by atoms with E-state index in [1.165, 1.54) is 19.2 Å². The summed E-state index contributed by atoms with van der Waals surface area (Å²) in [4.78, 5) is 0. The van der Waals surface area contributed by atoms with Gasteiger partial charge in [0.05, 0.1) is 18.4 Å². The Hall–Kier alpha value is -2.27. The Morgan fingerprint density at radius 2 is 1.68 bits per heavy atom. The highest BCUT2D eigenvalue weighted by Gasteiger charge is 2.30. The van der Waals surface area contributed by atoms with Crippen molar-refractivity contribution >= 4 is 46.1 Å². The van der Waals surface area contributed by atoms with Crippen molar-refractivity contribution in [3.05, 3.63) is 35.4 Å². The average molecular weight is 391 g/mol. The standard InChI is InChI=1S/C14H16F3N5OS2/c1-8(19-21-12(24)18-2)11(20-22-13(25)23-3)9-4-6-10(7-5-9)14(15,16)17/h4-7H,1-3H3,(H,22,25)(H2,18,21,24)/b19-8+,20-11-. The second kappa shape index (κ2) is 9.28. The molecule has 0 saturated heterocycles. The van der Waals surface area contributed by atoms with E-state index in [9.17, 15) is 13.2 Å². The molecule has 0 aromatic heterocycles. The molecule has 0 aliphatic heterocycles. The smallest absolute Gasteiger partial charge is 0.416 e. The fourth-order valence-corrected chi connectivity index (χ4v) is 1.65. The van der Waals surface area contributed by atoms with Crippen LogP contribution in [0.4, 0.5) is 13.2 Å². The fraction of sp³-hybridized carbons (Fsp3) is 0.286. The van der Waals surface area contributed by atoms with Gasteiger partial charge >= 0.3 is 6.18 Å². The molecule has 0 saturated carbocycles. The van der Waals surface area contributed by atoms with Crippen molar-refractivity contribution in [3.63, 3.8) is 0 Å². The van der Waals surface area contributed by atoms with Crippen molar-refractivity contribution < 1.29 is 17.9 Å². The molecule has 0 atom stereocenters. The van der Waals surface area contributed by atoms with E-state index in [1.807, 2.05) is 0 Å². The summed E-state index contributed by atoms with van der Waals surface area (Å²) in [7, 11) is 2.97.